The summed E-state index contributed by atoms with van der Waals surface area (Å²) < 4.78 is 5.52. The van der Waals surface area contributed by atoms with E-state index in [1.807, 2.05) is 49.4 Å². The molecule has 0 fully saturated rings. The molecule has 110 valence electrons. The summed E-state index contributed by atoms with van der Waals surface area (Å²) in [7, 11) is 0. The van der Waals surface area contributed by atoms with Gasteiger partial charge in [-0.1, -0.05) is 55.8 Å². The Kier molecular flexibility index (Phi) is 5.38. The van der Waals surface area contributed by atoms with E-state index in [1.54, 1.807) is 0 Å². The molecule has 3 heteroatoms. The molecule has 2 aromatic rings. The molecule has 1 atom stereocenters. The van der Waals surface area contributed by atoms with Gasteiger partial charge in [0.2, 0.25) is 0 Å². The van der Waals surface area contributed by atoms with Crippen LogP contribution in [0.2, 0.25) is 0 Å². The third-order valence-corrected chi connectivity index (χ3v) is 3.28. The van der Waals surface area contributed by atoms with E-state index in [9.17, 15) is 4.79 Å². The van der Waals surface area contributed by atoms with E-state index in [1.165, 1.54) is 11.1 Å². The van der Waals surface area contributed by atoms with Crippen molar-refractivity contribution >= 4 is 5.97 Å². The summed E-state index contributed by atoms with van der Waals surface area (Å²) in [6.07, 6.45) is 1.39. The zero-order valence-electron chi connectivity index (χ0n) is 12.2. The first-order valence-corrected chi connectivity index (χ1v) is 7.21. The van der Waals surface area contributed by atoms with Crippen molar-refractivity contribution in [3.63, 3.8) is 0 Å². The van der Waals surface area contributed by atoms with Gasteiger partial charge in [-0.05, 0) is 36.1 Å². The fourth-order valence-corrected chi connectivity index (χ4v) is 2.18. The zero-order valence-corrected chi connectivity index (χ0v) is 12.2. The molecule has 0 heterocycles. The van der Waals surface area contributed by atoms with Crippen molar-refractivity contribution in [3.05, 3.63) is 65.7 Å². The van der Waals surface area contributed by atoms with E-state index in [4.69, 9.17) is 9.84 Å². The van der Waals surface area contributed by atoms with Gasteiger partial charge in [-0.2, -0.15) is 0 Å². The maximum absolute atomic E-state index is 11.1. The van der Waals surface area contributed by atoms with Gasteiger partial charge in [0.1, 0.15) is 5.75 Å². The van der Waals surface area contributed by atoms with Gasteiger partial charge in [0.05, 0.1) is 0 Å². The van der Waals surface area contributed by atoms with Crippen LogP contribution < -0.4 is 4.74 Å². The van der Waals surface area contributed by atoms with Gasteiger partial charge >= 0.3 is 5.97 Å². The Bertz CT molecular complexity index is 561. The number of hydrogen-bond donors (Lipinski definition) is 1. The SMILES string of the molecule is CCCC(Oc1ccc(Cc2ccccc2)cc1)C(=O)O. The molecule has 0 spiro atoms. The second-order valence-electron chi connectivity index (χ2n) is 5.04. The zero-order chi connectivity index (χ0) is 15.1. The van der Waals surface area contributed by atoms with E-state index in [2.05, 4.69) is 12.1 Å². The largest absolute Gasteiger partial charge is 0.479 e. The smallest absolute Gasteiger partial charge is 0.344 e. The molecule has 2 aromatic carbocycles. The average Bonchev–Trinajstić information content (AvgIpc) is 2.49. The van der Waals surface area contributed by atoms with Crippen molar-refractivity contribution in [2.45, 2.75) is 32.3 Å². The molecule has 0 aromatic heterocycles. The Morgan fingerprint density at radius 1 is 1.05 bits per heavy atom. The number of aliphatic carboxylic acids is 1. The summed E-state index contributed by atoms with van der Waals surface area (Å²) in [4.78, 5) is 11.1. The molecule has 1 N–H and O–H groups in total. The molecule has 0 saturated carbocycles. The van der Waals surface area contributed by atoms with Gasteiger partial charge in [-0.25, -0.2) is 4.79 Å². The number of carboxylic acid groups (broad SMARTS) is 1. The molecule has 3 nitrogen and oxygen atoms in total. The lowest BCUT2D eigenvalue weighted by Crippen LogP contribution is -2.26. The summed E-state index contributed by atoms with van der Waals surface area (Å²) in [5.41, 5.74) is 2.43. The minimum atomic E-state index is -0.912. The summed E-state index contributed by atoms with van der Waals surface area (Å²) >= 11 is 0. The molecular weight excluding hydrogens is 264 g/mol. The molecule has 0 aliphatic rings. The Balaban J connectivity index is 2.00. The van der Waals surface area contributed by atoms with E-state index >= 15 is 0 Å². The van der Waals surface area contributed by atoms with Crippen molar-refractivity contribution < 1.29 is 14.6 Å². The minimum Gasteiger partial charge on any atom is -0.479 e. The van der Waals surface area contributed by atoms with Crippen LogP contribution in [0.5, 0.6) is 5.75 Å². The number of hydrogen-bond acceptors (Lipinski definition) is 2. The quantitative estimate of drug-likeness (QED) is 0.838. The third-order valence-electron chi connectivity index (χ3n) is 3.28. The van der Waals surface area contributed by atoms with Gasteiger partial charge in [0.15, 0.2) is 6.10 Å². The van der Waals surface area contributed by atoms with Gasteiger partial charge in [0, 0.05) is 0 Å². The van der Waals surface area contributed by atoms with Crippen molar-refractivity contribution in [2.24, 2.45) is 0 Å². The number of carbonyl (C=O) groups is 1. The highest BCUT2D eigenvalue weighted by atomic mass is 16.5. The maximum atomic E-state index is 11.1. The van der Waals surface area contributed by atoms with Crippen LogP contribution in [0.15, 0.2) is 54.6 Å². The molecule has 0 aliphatic carbocycles. The molecule has 0 amide bonds. The van der Waals surface area contributed by atoms with Crippen molar-refractivity contribution in [3.8, 4) is 5.75 Å². The highest BCUT2D eigenvalue weighted by Crippen LogP contribution is 2.18. The molecule has 0 saturated heterocycles. The van der Waals surface area contributed by atoms with Crippen LogP contribution >= 0.6 is 0 Å². The predicted molar refractivity (Wildman–Crippen MR) is 82.6 cm³/mol. The first kappa shape index (κ1) is 15.1. The maximum Gasteiger partial charge on any atom is 0.344 e. The van der Waals surface area contributed by atoms with Crippen molar-refractivity contribution in [1.29, 1.82) is 0 Å². The Hall–Kier alpha value is -2.29. The first-order chi connectivity index (χ1) is 10.2. The highest BCUT2D eigenvalue weighted by molar-refractivity contribution is 5.72. The van der Waals surface area contributed by atoms with Crippen LogP contribution in [-0.4, -0.2) is 17.2 Å². The lowest BCUT2D eigenvalue weighted by atomic mass is 10.1. The Morgan fingerprint density at radius 2 is 1.67 bits per heavy atom. The first-order valence-electron chi connectivity index (χ1n) is 7.21. The van der Waals surface area contributed by atoms with E-state index in [0.29, 0.717) is 12.2 Å². The fraction of sp³-hybridized carbons (Fsp3) is 0.278. The summed E-state index contributed by atoms with van der Waals surface area (Å²) in [5, 5.41) is 9.09. The molecule has 0 aliphatic heterocycles. The molecule has 1 unspecified atom stereocenters. The minimum absolute atomic E-state index is 0.515. The molecule has 0 bridgehead atoms. The lowest BCUT2D eigenvalue weighted by Gasteiger charge is -2.14. The number of ether oxygens (including phenoxy) is 1. The van der Waals surface area contributed by atoms with E-state index in [-0.39, 0.29) is 0 Å². The number of benzene rings is 2. The standard InChI is InChI=1S/C18H20O3/c1-2-6-17(18(19)20)21-16-11-9-15(10-12-16)13-14-7-4-3-5-8-14/h3-5,7-12,17H,2,6,13H2,1H3,(H,19,20). The number of carboxylic acids is 1. The summed E-state index contributed by atoms with van der Waals surface area (Å²) in [6, 6.07) is 17.9. The molecule has 2 rings (SSSR count). The molecule has 0 radical (unpaired) electrons. The van der Waals surface area contributed by atoms with Crippen molar-refractivity contribution in [1.82, 2.24) is 0 Å². The van der Waals surface area contributed by atoms with E-state index in [0.717, 1.165) is 12.8 Å². The van der Waals surface area contributed by atoms with Crippen molar-refractivity contribution in [2.75, 3.05) is 0 Å². The normalized spacial score (nSPS) is 11.9. The van der Waals surface area contributed by atoms with Crippen LogP contribution in [0.25, 0.3) is 0 Å². The fourth-order valence-electron chi connectivity index (χ4n) is 2.18. The van der Waals surface area contributed by atoms with Crippen LogP contribution in [0, 0.1) is 0 Å². The molecular formula is C18H20O3. The topological polar surface area (TPSA) is 46.5 Å². The van der Waals surface area contributed by atoms with Crippen LogP contribution in [-0.2, 0) is 11.2 Å². The summed E-state index contributed by atoms with van der Waals surface area (Å²) in [5.74, 6) is -0.308. The van der Waals surface area contributed by atoms with Crippen LogP contribution in [0.4, 0.5) is 0 Å². The van der Waals surface area contributed by atoms with Gasteiger partial charge in [-0.3, -0.25) is 0 Å². The van der Waals surface area contributed by atoms with Gasteiger partial charge in [-0.15, -0.1) is 0 Å². The monoisotopic (exact) mass is 284 g/mol. The Labute approximate surface area is 125 Å². The predicted octanol–water partition coefficient (Wildman–Crippen LogP) is 3.91. The second-order valence-corrected chi connectivity index (χ2v) is 5.04. The van der Waals surface area contributed by atoms with Crippen LogP contribution in [0.3, 0.4) is 0 Å². The molecule has 21 heavy (non-hydrogen) atoms. The Morgan fingerprint density at radius 3 is 2.24 bits per heavy atom. The number of rotatable bonds is 7. The third kappa shape index (κ3) is 4.63. The van der Waals surface area contributed by atoms with Gasteiger partial charge in [0.25, 0.3) is 0 Å². The average molecular weight is 284 g/mol. The van der Waals surface area contributed by atoms with Crippen LogP contribution in [0.1, 0.15) is 30.9 Å². The van der Waals surface area contributed by atoms with Gasteiger partial charge < -0.3 is 9.84 Å². The van der Waals surface area contributed by atoms with E-state index < -0.39 is 12.1 Å². The lowest BCUT2D eigenvalue weighted by molar-refractivity contribution is -0.145. The summed E-state index contributed by atoms with van der Waals surface area (Å²) in [6.45, 7) is 1.95. The highest BCUT2D eigenvalue weighted by Gasteiger charge is 2.17. The second kappa shape index (κ2) is 7.48.